The Morgan fingerprint density at radius 1 is 1.23 bits per heavy atom. The minimum Gasteiger partial charge on any atom is -0.493 e. The first kappa shape index (κ1) is 14.4. The zero-order chi connectivity index (χ0) is 15.4. The van der Waals surface area contributed by atoms with Crippen LogP contribution in [0.2, 0.25) is 0 Å². The molecular weight excluding hydrogens is 278 g/mol. The SMILES string of the molecule is Cc1ccccc1OCC(=O)NC1CCOc2ccccc21. The smallest absolute Gasteiger partial charge is 0.258 e. The Bertz CT molecular complexity index is 669. The van der Waals surface area contributed by atoms with Gasteiger partial charge in [-0.2, -0.15) is 0 Å². The van der Waals surface area contributed by atoms with Crippen LogP contribution in [0.4, 0.5) is 0 Å². The van der Waals surface area contributed by atoms with Gasteiger partial charge in [0.1, 0.15) is 11.5 Å². The van der Waals surface area contributed by atoms with Gasteiger partial charge in [-0.05, 0) is 24.6 Å². The number of rotatable bonds is 4. The topological polar surface area (TPSA) is 47.6 Å². The molecule has 1 amide bonds. The molecule has 4 nitrogen and oxygen atoms in total. The predicted octanol–water partition coefficient (Wildman–Crippen LogP) is 3.01. The largest absolute Gasteiger partial charge is 0.493 e. The zero-order valence-corrected chi connectivity index (χ0v) is 12.5. The van der Waals surface area contributed by atoms with Crippen LogP contribution in [-0.4, -0.2) is 19.1 Å². The number of hydrogen-bond acceptors (Lipinski definition) is 3. The second-order valence-electron chi connectivity index (χ2n) is 5.35. The number of para-hydroxylation sites is 2. The van der Waals surface area contributed by atoms with Crippen molar-refractivity contribution in [2.45, 2.75) is 19.4 Å². The molecule has 2 aromatic carbocycles. The van der Waals surface area contributed by atoms with Gasteiger partial charge in [0.2, 0.25) is 0 Å². The maximum absolute atomic E-state index is 12.1. The fourth-order valence-electron chi connectivity index (χ4n) is 2.59. The highest BCUT2D eigenvalue weighted by Crippen LogP contribution is 2.31. The summed E-state index contributed by atoms with van der Waals surface area (Å²) in [5.74, 6) is 1.47. The summed E-state index contributed by atoms with van der Waals surface area (Å²) in [7, 11) is 0. The van der Waals surface area contributed by atoms with Crippen LogP contribution >= 0.6 is 0 Å². The van der Waals surface area contributed by atoms with Crippen molar-refractivity contribution in [2.24, 2.45) is 0 Å². The molecule has 114 valence electrons. The summed E-state index contributed by atoms with van der Waals surface area (Å²) in [6.45, 7) is 2.59. The van der Waals surface area contributed by atoms with Crippen LogP contribution in [0.3, 0.4) is 0 Å². The van der Waals surface area contributed by atoms with E-state index in [1.165, 1.54) is 0 Å². The van der Waals surface area contributed by atoms with E-state index in [1.807, 2.05) is 55.5 Å². The standard InChI is InChI=1S/C18H19NO3/c1-13-6-2-4-8-16(13)22-12-18(20)19-15-10-11-21-17-9-5-3-7-14(15)17/h2-9,15H,10-12H2,1H3,(H,19,20). The van der Waals surface area contributed by atoms with Crippen LogP contribution in [0.1, 0.15) is 23.6 Å². The van der Waals surface area contributed by atoms with Crippen molar-refractivity contribution in [3.05, 3.63) is 59.7 Å². The lowest BCUT2D eigenvalue weighted by Crippen LogP contribution is -2.35. The summed E-state index contributed by atoms with van der Waals surface area (Å²) in [6.07, 6.45) is 0.771. The number of hydrogen-bond donors (Lipinski definition) is 1. The van der Waals surface area contributed by atoms with E-state index in [-0.39, 0.29) is 18.6 Å². The molecule has 0 saturated carbocycles. The van der Waals surface area contributed by atoms with E-state index in [9.17, 15) is 4.79 Å². The Hall–Kier alpha value is -2.49. The molecule has 2 aromatic rings. The van der Waals surface area contributed by atoms with Crippen LogP contribution in [0.5, 0.6) is 11.5 Å². The zero-order valence-electron chi connectivity index (χ0n) is 12.5. The number of carbonyl (C=O) groups excluding carboxylic acids is 1. The third kappa shape index (κ3) is 3.22. The first-order chi connectivity index (χ1) is 10.7. The molecule has 0 bridgehead atoms. The molecule has 1 atom stereocenters. The van der Waals surface area contributed by atoms with Crippen LogP contribution in [-0.2, 0) is 4.79 Å². The molecule has 0 aromatic heterocycles. The Balaban J connectivity index is 1.60. The average Bonchev–Trinajstić information content (AvgIpc) is 2.54. The van der Waals surface area contributed by atoms with Gasteiger partial charge in [-0.1, -0.05) is 36.4 Å². The molecule has 0 saturated heterocycles. The second kappa shape index (κ2) is 6.52. The quantitative estimate of drug-likeness (QED) is 0.943. The van der Waals surface area contributed by atoms with Gasteiger partial charge in [0, 0.05) is 12.0 Å². The third-order valence-electron chi connectivity index (χ3n) is 3.75. The Morgan fingerprint density at radius 3 is 2.86 bits per heavy atom. The fourth-order valence-corrected chi connectivity index (χ4v) is 2.59. The predicted molar refractivity (Wildman–Crippen MR) is 84.1 cm³/mol. The molecule has 1 aliphatic heterocycles. The molecule has 1 aliphatic rings. The summed E-state index contributed by atoms with van der Waals surface area (Å²) >= 11 is 0. The number of amides is 1. The van der Waals surface area contributed by atoms with Gasteiger partial charge >= 0.3 is 0 Å². The fraction of sp³-hybridized carbons (Fsp3) is 0.278. The van der Waals surface area contributed by atoms with Crippen molar-refractivity contribution in [2.75, 3.05) is 13.2 Å². The maximum atomic E-state index is 12.1. The number of nitrogens with one attached hydrogen (secondary N) is 1. The van der Waals surface area contributed by atoms with Crippen LogP contribution < -0.4 is 14.8 Å². The van der Waals surface area contributed by atoms with E-state index in [0.717, 1.165) is 29.0 Å². The van der Waals surface area contributed by atoms with Gasteiger partial charge in [0.05, 0.1) is 12.6 Å². The lowest BCUT2D eigenvalue weighted by molar-refractivity contribution is -0.124. The summed E-state index contributed by atoms with van der Waals surface area (Å²) in [5, 5.41) is 3.02. The third-order valence-corrected chi connectivity index (χ3v) is 3.75. The van der Waals surface area contributed by atoms with E-state index in [0.29, 0.717) is 6.61 Å². The van der Waals surface area contributed by atoms with Crippen LogP contribution in [0.25, 0.3) is 0 Å². The normalized spacial score (nSPS) is 16.3. The summed E-state index contributed by atoms with van der Waals surface area (Å²) < 4.78 is 11.2. The summed E-state index contributed by atoms with van der Waals surface area (Å²) in [5.41, 5.74) is 2.05. The lowest BCUT2D eigenvalue weighted by Gasteiger charge is -2.26. The number of carbonyl (C=O) groups is 1. The average molecular weight is 297 g/mol. The highest BCUT2D eigenvalue weighted by atomic mass is 16.5. The summed E-state index contributed by atoms with van der Waals surface area (Å²) in [6, 6.07) is 15.5. The highest BCUT2D eigenvalue weighted by molar-refractivity contribution is 5.78. The number of ether oxygens (including phenoxy) is 2. The molecule has 0 aliphatic carbocycles. The molecule has 0 fully saturated rings. The van der Waals surface area contributed by atoms with Crippen molar-refractivity contribution in [3.63, 3.8) is 0 Å². The van der Waals surface area contributed by atoms with Crippen molar-refractivity contribution >= 4 is 5.91 Å². The van der Waals surface area contributed by atoms with Gasteiger partial charge < -0.3 is 14.8 Å². The molecule has 22 heavy (non-hydrogen) atoms. The highest BCUT2D eigenvalue weighted by Gasteiger charge is 2.22. The number of aryl methyl sites for hydroxylation is 1. The molecule has 1 heterocycles. The van der Waals surface area contributed by atoms with Gasteiger partial charge in [-0.3, -0.25) is 4.79 Å². The molecule has 1 N–H and O–H groups in total. The first-order valence-corrected chi connectivity index (χ1v) is 7.43. The van der Waals surface area contributed by atoms with Crippen molar-refractivity contribution in [3.8, 4) is 11.5 Å². The molecule has 3 rings (SSSR count). The maximum Gasteiger partial charge on any atom is 0.258 e. The van der Waals surface area contributed by atoms with Crippen molar-refractivity contribution in [1.29, 1.82) is 0 Å². The Morgan fingerprint density at radius 2 is 2.00 bits per heavy atom. The molecule has 4 heteroatoms. The van der Waals surface area contributed by atoms with E-state index < -0.39 is 0 Å². The van der Waals surface area contributed by atoms with Gasteiger partial charge in [-0.25, -0.2) is 0 Å². The number of fused-ring (bicyclic) bond motifs is 1. The van der Waals surface area contributed by atoms with Crippen molar-refractivity contribution < 1.29 is 14.3 Å². The Kier molecular flexibility index (Phi) is 4.28. The molecule has 0 spiro atoms. The van der Waals surface area contributed by atoms with Gasteiger partial charge in [0.25, 0.3) is 5.91 Å². The molecule has 0 radical (unpaired) electrons. The minimum atomic E-state index is -0.120. The molecular formula is C18H19NO3. The van der Waals surface area contributed by atoms with E-state index in [1.54, 1.807) is 0 Å². The van der Waals surface area contributed by atoms with Crippen LogP contribution in [0, 0.1) is 6.92 Å². The van der Waals surface area contributed by atoms with Crippen molar-refractivity contribution in [1.82, 2.24) is 5.32 Å². The van der Waals surface area contributed by atoms with E-state index >= 15 is 0 Å². The summed E-state index contributed by atoms with van der Waals surface area (Å²) in [4.78, 5) is 12.1. The van der Waals surface area contributed by atoms with E-state index in [4.69, 9.17) is 9.47 Å². The first-order valence-electron chi connectivity index (χ1n) is 7.43. The molecule has 1 unspecified atom stereocenters. The van der Waals surface area contributed by atoms with Gasteiger partial charge in [-0.15, -0.1) is 0 Å². The van der Waals surface area contributed by atoms with E-state index in [2.05, 4.69) is 5.32 Å². The lowest BCUT2D eigenvalue weighted by atomic mass is 10.0. The Labute approximate surface area is 130 Å². The van der Waals surface area contributed by atoms with Gasteiger partial charge in [0.15, 0.2) is 6.61 Å². The number of benzene rings is 2. The monoisotopic (exact) mass is 297 g/mol. The van der Waals surface area contributed by atoms with Crippen LogP contribution in [0.15, 0.2) is 48.5 Å². The second-order valence-corrected chi connectivity index (χ2v) is 5.35. The minimum absolute atomic E-state index is 0.0158.